The maximum Gasteiger partial charge on any atom is 0.317 e. The van der Waals surface area contributed by atoms with Crippen LogP contribution in [0.3, 0.4) is 0 Å². The van der Waals surface area contributed by atoms with Crippen LogP contribution in [0.25, 0.3) is 33.3 Å². The topological polar surface area (TPSA) is 65.5 Å². The molecule has 0 radical (unpaired) electrons. The Morgan fingerprint density at radius 1 is 0.853 bits per heavy atom. The van der Waals surface area contributed by atoms with Gasteiger partial charge in [0, 0.05) is 37.1 Å². The van der Waals surface area contributed by atoms with E-state index < -0.39 is 0 Å². The summed E-state index contributed by atoms with van der Waals surface area (Å²) < 4.78 is 0. The molecule has 2 saturated heterocycles. The number of piperazine rings is 1. The number of nitrogens with zero attached hydrogens (tertiary/aromatic N) is 3. The van der Waals surface area contributed by atoms with Crippen molar-refractivity contribution in [2.75, 3.05) is 26.2 Å². The van der Waals surface area contributed by atoms with Crippen molar-refractivity contribution in [1.82, 2.24) is 20.1 Å². The van der Waals surface area contributed by atoms with Crippen molar-refractivity contribution in [2.45, 2.75) is 6.04 Å². The summed E-state index contributed by atoms with van der Waals surface area (Å²) >= 11 is 0. The van der Waals surface area contributed by atoms with Gasteiger partial charge in [0.05, 0.1) is 22.8 Å². The molecule has 1 aromatic heterocycles. The summed E-state index contributed by atoms with van der Waals surface area (Å²) in [6.07, 6.45) is 0. The predicted molar refractivity (Wildman–Crippen MR) is 132 cm³/mol. The minimum absolute atomic E-state index is 0.0141. The molecule has 168 valence electrons. The van der Waals surface area contributed by atoms with Crippen LogP contribution in [0, 0.1) is 0 Å². The van der Waals surface area contributed by atoms with Crippen molar-refractivity contribution in [1.29, 1.82) is 0 Å². The highest BCUT2D eigenvalue weighted by atomic mass is 16.2. The van der Waals surface area contributed by atoms with Crippen molar-refractivity contribution in [3.63, 3.8) is 0 Å². The highest BCUT2D eigenvalue weighted by Crippen LogP contribution is 2.29. The molecule has 3 heterocycles. The Hall–Kier alpha value is -4.19. The fraction of sp³-hybridized carbons (Fsp3) is 0.179. The van der Waals surface area contributed by atoms with E-state index >= 15 is 0 Å². The molecule has 6 heteroatoms. The van der Waals surface area contributed by atoms with E-state index in [1.807, 2.05) is 58.3 Å². The van der Waals surface area contributed by atoms with Crippen LogP contribution < -0.4 is 5.32 Å². The number of hydrogen-bond donors (Lipinski definition) is 1. The maximum absolute atomic E-state index is 13.7. The van der Waals surface area contributed by atoms with E-state index in [0.29, 0.717) is 31.7 Å². The molecule has 6 nitrogen and oxygen atoms in total. The molecule has 2 aliphatic rings. The summed E-state index contributed by atoms with van der Waals surface area (Å²) in [7, 11) is 0. The highest BCUT2D eigenvalue weighted by Gasteiger charge is 2.37. The lowest BCUT2D eigenvalue weighted by atomic mass is 10.00. The van der Waals surface area contributed by atoms with Gasteiger partial charge in [-0.2, -0.15) is 0 Å². The molecule has 1 atom stereocenters. The van der Waals surface area contributed by atoms with Crippen LogP contribution in [0.5, 0.6) is 0 Å². The first-order chi connectivity index (χ1) is 16.7. The van der Waals surface area contributed by atoms with E-state index in [2.05, 4.69) is 41.7 Å². The van der Waals surface area contributed by atoms with Gasteiger partial charge in [-0.1, -0.05) is 72.8 Å². The van der Waals surface area contributed by atoms with Crippen LogP contribution in [0.2, 0.25) is 0 Å². The molecule has 3 aromatic carbocycles. The normalized spacial score (nSPS) is 17.5. The number of carbonyl (C=O) groups excluding carboxylic acids is 2. The zero-order valence-electron chi connectivity index (χ0n) is 18.6. The maximum atomic E-state index is 13.7. The SMILES string of the molecule is O=C(c1cc(-c2ccc(-c3ccccc3)cc2)nc2ccccc12)N1CCN2C(=O)NCC2C1. The third kappa shape index (κ3) is 3.57. The van der Waals surface area contributed by atoms with Crippen molar-refractivity contribution < 1.29 is 9.59 Å². The molecule has 0 saturated carbocycles. The average molecular weight is 449 g/mol. The first-order valence-electron chi connectivity index (χ1n) is 11.6. The van der Waals surface area contributed by atoms with Gasteiger partial charge in [-0.05, 0) is 23.3 Å². The third-order valence-corrected chi connectivity index (χ3v) is 6.75. The summed E-state index contributed by atoms with van der Waals surface area (Å²) in [4.78, 5) is 34.2. The monoisotopic (exact) mass is 448 g/mol. The van der Waals surface area contributed by atoms with Gasteiger partial charge in [0.25, 0.3) is 5.91 Å². The van der Waals surface area contributed by atoms with Gasteiger partial charge in [-0.25, -0.2) is 9.78 Å². The van der Waals surface area contributed by atoms with Crippen molar-refractivity contribution >= 4 is 22.8 Å². The number of fused-ring (bicyclic) bond motifs is 2. The van der Waals surface area contributed by atoms with Gasteiger partial charge < -0.3 is 15.1 Å². The van der Waals surface area contributed by atoms with Gasteiger partial charge in [0.15, 0.2) is 0 Å². The molecule has 0 aliphatic carbocycles. The Balaban J connectivity index is 1.35. The van der Waals surface area contributed by atoms with E-state index in [9.17, 15) is 9.59 Å². The van der Waals surface area contributed by atoms with E-state index in [-0.39, 0.29) is 18.0 Å². The van der Waals surface area contributed by atoms with Crippen LogP contribution >= 0.6 is 0 Å². The van der Waals surface area contributed by atoms with Crippen LogP contribution in [0.1, 0.15) is 10.4 Å². The number of rotatable bonds is 3. The quantitative estimate of drug-likeness (QED) is 0.505. The fourth-order valence-corrected chi connectivity index (χ4v) is 4.92. The Morgan fingerprint density at radius 3 is 2.38 bits per heavy atom. The number of carbonyl (C=O) groups is 2. The number of amides is 3. The fourth-order valence-electron chi connectivity index (χ4n) is 4.92. The Bertz CT molecular complexity index is 1380. The molecule has 34 heavy (non-hydrogen) atoms. The van der Waals surface area contributed by atoms with Crippen LogP contribution in [0.15, 0.2) is 84.9 Å². The van der Waals surface area contributed by atoms with Gasteiger partial charge in [-0.15, -0.1) is 0 Å². The van der Waals surface area contributed by atoms with Gasteiger partial charge in [0.2, 0.25) is 0 Å². The number of nitrogens with one attached hydrogen (secondary N) is 1. The van der Waals surface area contributed by atoms with E-state index in [4.69, 9.17) is 4.98 Å². The lowest BCUT2D eigenvalue weighted by Gasteiger charge is -2.36. The molecule has 1 unspecified atom stereocenters. The first-order valence-corrected chi connectivity index (χ1v) is 11.6. The molecule has 2 aliphatic heterocycles. The Morgan fingerprint density at radius 2 is 1.56 bits per heavy atom. The molecular weight excluding hydrogens is 424 g/mol. The second-order valence-corrected chi connectivity index (χ2v) is 8.80. The minimum atomic E-state index is -0.0345. The Labute approximate surface area is 197 Å². The number of benzene rings is 3. The van der Waals surface area contributed by atoms with Crippen LogP contribution in [-0.2, 0) is 0 Å². The summed E-state index contributed by atoms with van der Waals surface area (Å²) in [5.74, 6) is -0.0141. The zero-order chi connectivity index (χ0) is 23.1. The van der Waals surface area contributed by atoms with E-state index in [1.54, 1.807) is 0 Å². The van der Waals surface area contributed by atoms with Gasteiger partial charge >= 0.3 is 6.03 Å². The number of hydrogen-bond acceptors (Lipinski definition) is 3. The average Bonchev–Trinajstić information content (AvgIpc) is 3.28. The zero-order valence-corrected chi connectivity index (χ0v) is 18.6. The molecule has 4 aromatic rings. The highest BCUT2D eigenvalue weighted by molar-refractivity contribution is 6.07. The summed E-state index contributed by atoms with van der Waals surface area (Å²) in [6.45, 7) is 2.20. The smallest absolute Gasteiger partial charge is 0.317 e. The van der Waals surface area contributed by atoms with E-state index in [1.165, 1.54) is 0 Å². The van der Waals surface area contributed by atoms with E-state index in [0.717, 1.165) is 33.3 Å². The van der Waals surface area contributed by atoms with Crippen LogP contribution in [-0.4, -0.2) is 58.9 Å². The molecule has 2 fully saturated rings. The standard InChI is InChI=1S/C28H24N4O2/c33-27(31-14-15-32-22(18-31)17-29-28(32)34)24-16-26(30-25-9-5-4-8-23(24)25)21-12-10-20(11-13-21)19-6-2-1-3-7-19/h1-13,16,22H,14-15,17-18H2,(H,29,34). The number of para-hydroxylation sites is 1. The van der Waals surface area contributed by atoms with Crippen molar-refractivity contribution in [3.05, 3.63) is 90.5 Å². The molecule has 1 N–H and O–H groups in total. The summed E-state index contributed by atoms with van der Waals surface area (Å²) in [5, 5.41) is 3.72. The summed E-state index contributed by atoms with van der Waals surface area (Å²) in [6, 6.07) is 28.2. The molecule has 0 bridgehead atoms. The number of pyridine rings is 1. The number of aromatic nitrogens is 1. The second kappa shape index (κ2) is 8.30. The summed E-state index contributed by atoms with van der Waals surface area (Å²) in [5.41, 5.74) is 5.49. The Kier molecular flexibility index (Phi) is 4.99. The van der Waals surface area contributed by atoms with Gasteiger partial charge in [0.1, 0.15) is 0 Å². The lowest BCUT2D eigenvalue weighted by molar-refractivity contribution is 0.0619. The minimum Gasteiger partial charge on any atom is -0.336 e. The van der Waals surface area contributed by atoms with Crippen molar-refractivity contribution in [3.8, 4) is 22.4 Å². The number of urea groups is 1. The van der Waals surface area contributed by atoms with Gasteiger partial charge in [-0.3, -0.25) is 4.79 Å². The molecular formula is C28H24N4O2. The molecule has 0 spiro atoms. The molecule has 6 rings (SSSR count). The first kappa shape index (κ1) is 20.4. The predicted octanol–water partition coefficient (Wildman–Crippen LogP) is 4.42. The largest absolute Gasteiger partial charge is 0.336 e. The third-order valence-electron chi connectivity index (χ3n) is 6.75. The van der Waals surface area contributed by atoms with Crippen LogP contribution in [0.4, 0.5) is 4.79 Å². The lowest BCUT2D eigenvalue weighted by Crippen LogP contribution is -2.53. The molecule has 3 amide bonds. The second-order valence-electron chi connectivity index (χ2n) is 8.80. The van der Waals surface area contributed by atoms with Crippen molar-refractivity contribution in [2.24, 2.45) is 0 Å².